The van der Waals surface area contributed by atoms with E-state index in [-0.39, 0.29) is 6.04 Å². The molecule has 2 heterocycles. The van der Waals surface area contributed by atoms with E-state index in [1.807, 2.05) is 32.3 Å². The quantitative estimate of drug-likeness (QED) is 0.886. The highest BCUT2D eigenvalue weighted by Gasteiger charge is 2.12. The van der Waals surface area contributed by atoms with Crippen LogP contribution in [0.15, 0.2) is 30.7 Å². The van der Waals surface area contributed by atoms with Crippen molar-refractivity contribution in [3.8, 4) is 5.75 Å². The zero-order valence-corrected chi connectivity index (χ0v) is 13.0. The molecule has 0 saturated heterocycles. The topological polar surface area (TPSA) is 61.0 Å². The van der Waals surface area contributed by atoms with E-state index >= 15 is 0 Å². The van der Waals surface area contributed by atoms with Crippen molar-refractivity contribution < 1.29 is 4.74 Å². The van der Waals surface area contributed by atoms with Gasteiger partial charge in [0.2, 0.25) is 0 Å². The van der Waals surface area contributed by atoms with Gasteiger partial charge in [-0.15, -0.1) is 0 Å². The summed E-state index contributed by atoms with van der Waals surface area (Å²) in [7, 11) is 1.70. The molecule has 112 valence electrons. The maximum atomic E-state index is 6.25. The molecule has 4 heteroatoms. The number of ether oxygens (including phenoxy) is 1. The maximum Gasteiger partial charge on any atom is 0.128 e. The van der Waals surface area contributed by atoms with Crippen LogP contribution in [0.3, 0.4) is 0 Å². The van der Waals surface area contributed by atoms with Gasteiger partial charge in [0, 0.05) is 47.9 Å². The second-order valence-electron chi connectivity index (χ2n) is 5.41. The third kappa shape index (κ3) is 4.02. The highest BCUT2D eigenvalue weighted by Crippen LogP contribution is 2.24. The monoisotopic (exact) mass is 285 g/mol. The van der Waals surface area contributed by atoms with E-state index in [4.69, 9.17) is 10.5 Å². The number of hydrogen-bond acceptors (Lipinski definition) is 4. The lowest BCUT2D eigenvalue weighted by atomic mass is 10.00. The van der Waals surface area contributed by atoms with Gasteiger partial charge in [0.25, 0.3) is 0 Å². The van der Waals surface area contributed by atoms with Gasteiger partial charge in [-0.3, -0.25) is 9.97 Å². The number of nitrogens with two attached hydrogens (primary N) is 1. The summed E-state index contributed by atoms with van der Waals surface area (Å²) in [6, 6.07) is 4.12. The van der Waals surface area contributed by atoms with Crippen LogP contribution in [-0.4, -0.2) is 23.1 Å². The van der Waals surface area contributed by atoms with Crippen LogP contribution in [0, 0.1) is 13.8 Å². The lowest BCUT2D eigenvalue weighted by Crippen LogP contribution is -2.24. The van der Waals surface area contributed by atoms with Gasteiger partial charge in [-0.2, -0.15) is 0 Å². The second kappa shape index (κ2) is 7.18. The first-order valence-electron chi connectivity index (χ1n) is 7.25. The molecule has 2 aromatic heterocycles. The standard InChI is InChI=1S/C17H23N3O/c1-12-10-20-16(13(2)17(12)21-3)9-15(18)7-6-14-5-4-8-19-11-14/h4-5,8,10-11,15H,6-7,9,18H2,1-3H3. The molecule has 2 N–H and O–H groups in total. The molecule has 0 aliphatic heterocycles. The first kappa shape index (κ1) is 15.4. The Labute approximate surface area is 126 Å². The van der Waals surface area contributed by atoms with Crippen LogP contribution in [-0.2, 0) is 12.8 Å². The predicted molar refractivity (Wildman–Crippen MR) is 84.5 cm³/mol. The van der Waals surface area contributed by atoms with E-state index in [0.29, 0.717) is 0 Å². The zero-order chi connectivity index (χ0) is 15.2. The molecule has 0 bridgehead atoms. The molecular weight excluding hydrogens is 262 g/mol. The van der Waals surface area contributed by atoms with Crippen LogP contribution in [0.2, 0.25) is 0 Å². The van der Waals surface area contributed by atoms with Gasteiger partial charge < -0.3 is 10.5 Å². The summed E-state index contributed by atoms with van der Waals surface area (Å²) in [4.78, 5) is 8.63. The Morgan fingerprint density at radius 1 is 1.29 bits per heavy atom. The smallest absolute Gasteiger partial charge is 0.128 e. The highest BCUT2D eigenvalue weighted by molar-refractivity contribution is 5.41. The van der Waals surface area contributed by atoms with E-state index in [0.717, 1.165) is 41.8 Å². The molecule has 0 radical (unpaired) electrons. The third-order valence-corrected chi connectivity index (χ3v) is 3.73. The number of hydrogen-bond donors (Lipinski definition) is 1. The van der Waals surface area contributed by atoms with Crippen LogP contribution in [0.25, 0.3) is 0 Å². The number of pyridine rings is 2. The van der Waals surface area contributed by atoms with Crippen LogP contribution in [0.4, 0.5) is 0 Å². The molecule has 0 amide bonds. The minimum Gasteiger partial charge on any atom is -0.496 e. The van der Waals surface area contributed by atoms with Gasteiger partial charge >= 0.3 is 0 Å². The molecule has 0 aromatic carbocycles. The Hall–Kier alpha value is -1.94. The lowest BCUT2D eigenvalue weighted by molar-refractivity contribution is 0.406. The number of aromatic nitrogens is 2. The van der Waals surface area contributed by atoms with E-state index in [1.165, 1.54) is 5.56 Å². The molecule has 0 aliphatic carbocycles. The van der Waals surface area contributed by atoms with E-state index in [9.17, 15) is 0 Å². The van der Waals surface area contributed by atoms with Crippen molar-refractivity contribution in [3.63, 3.8) is 0 Å². The second-order valence-corrected chi connectivity index (χ2v) is 5.41. The van der Waals surface area contributed by atoms with Crippen LogP contribution < -0.4 is 10.5 Å². The van der Waals surface area contributed by atoms with Crippen LogP contribution in [0.5, 0.6) is 5.75 Å². The summed E-state index contributed by atoms with van der Waals surface area (Å²) in [6.07, 6.45) is 8.16. The largest absolute Gasteiger partial charge is 0.496 e. The van der Waals surface area contributed by atoms with Crippen molar-refractivity contribution in [1.82, 2.24) is 9.97 Å². The zero-order valence-electron chi connectivity index (χ0n) is 13.0. The fraction of sp³-hybridized carbons (Fsp3) is 0.412. The molecule has 21 heavy (non-hydrogen) atoms. The normalized spacial score (nSPS) is 12.2. The molecule has 0 spiro atoms. The summed E-state index contributed by atoms with van der Waals surface area (Å²) in [5.41, 5.74) is 10.6. The van der Waals surface area contributed by atoms with E-state index in [2.05, 4.69) is 16.0 Å². The summed E-state index contributed by atoms with van der Waals surface area (Å²) in [5.74, 6) is 0.916. The molecule has 4 nitrogen and oxygen atoms in total. The summed E-state index contributed by atoms with van der Waals surface area (Å²) in [6.45, 7) is 4.05. The summed E-state index contributed by atoms with van der Waals surface area (Å²) >= 11 is 0. The minimum absolute atomic E-state index is 0.0869. The van der Waals surface area contributed by atoms with Crippen LogP contribution in [0.1, 0.15) is 28.8 Å². The lowest BCUT2D eigenvalue weighted by Gasteiger charge is -2.15. The fourth-order valence-electron chi connectivity index (χ4n) is 2.53. The number of methoxy groups -OCH3 is 1. The van der Waals surface area contributed by atoms with Gasteiger partial charge in [-0.25, -0.2) is 0 Å². The van der Waals surface area contributed by atoms with Gasteiger partial charge in [-0.05, 0) is 38.3 Å². The molecule has 1 unspecified atom stereocenters. The van der Waals surface area contributed by atoms with E-state index in [1.54, 1.807) is 13.3 Å². The third-order valence-electron chi connectivity index (χ3n) is 3.73. The number of aryl methyl sites for hydroxylation is 2. The number of rotatable bonds is 6. The molecule has 1 atom stereocenters. The average molecular weight is 285 g/mol. The molecule has 2 aromatic rings. The molecular formula is C17H23N3O. The first-order valence-corrected chi connectivity index (χ1v) is 7.25. The first-order chi connectivity index (χ1) is 10.1. The highest BCUT2D eigenvalue weighted by atomic mass is 16.5. The van der Waals surface area contributed by atoms with Crippen molar-refractivity contribution in [1.29, 1.82) is 0 Å². The Bertz CT molecular complexity index is 584. The van der Waals surface area contributed by atoms with E-state index < -0.39 is 0 Å². The SMILES string of the molecule is COc1c(C)cnc(CC(N)CCc2cccnc2)c1C. The molecule has 0 fully saturated rings. The van der Waals surface area contributed by atoms with Gasteiger partial charge in [0.1, 0.15) is 5.75 Å². The predicted octanol–water partition coefficient (Wildman–Crippen LogP) is 2.60. The van der Waals surface area contributed by atoms with Crippen molar-refractivity contribution in [2.75, 3.05) is 7.11 Å². The van der Waals surface area contributed by atoms with Gasteiger partial charge in [-0.1, -0.05) is 6.07 Å². The van der Waals surface area contributed by atoms with Gasteiger partial charge in [0.05, 0.1) is 7.11 Å². The fourth-order valence-corrected chi connectivity index (χ4v) is 2.53. The Balaban J connectivity index is 1.98. The Morgan fingerprint density at radius 3 is 2.76 bits per heavy atom. The Morgan fingerprint density at radius 2 is 2.10 bits per heavy atom. The number of nitrogens with zero attached hydrogens (tertiary/aromatic N) is 2. The van der Waals surface area contributed by atoms with Crippen molar-refractivity contribution >= 4 is 0 Å². The molecule has 0 saturated carbocycles. The summed E-state index contributed by atoms with van der Waals surface area (Å²) in [5, 5.41) is 0. The molecule has 2 rings (SSSR count). The Kier molecular flexibility index (Phi) is 5.28. The average Bonchev–Trinajstić information content (AvgIpc) is 2.50. The van der Waals surface area contributed by atoms with Crippen molar-refractivity contribution in [2.45, 2.75) is 39.2 Å². The van der Waals surface area contributed by atoms with Crippen molar-refractivity contribution in [3.05, 3.63) is 53.1 Å². The van der Waals surface area contributed by atoms with Crippen molar-refractivity contribution in [2.24, 2.45) is 5.73 Å². The minimum atomic E-state index is 0.0869. The van der Waals surface area contributed by atoms with Gasteiger partial charge in [0.15, 0.2) is 0 Å². The maximum absolute atomic E-state index is 6.25. The molecule has 0 aliphatic rings. The summed E-state index contributed by atoms with van der Waals surface area (Å²) < 4.78 is 5.44. The van der Waals surface area contributed by atoms with Crippen LogP contribution >= 0.6 is 0 Å².